The van der Waals surface area contributed by atoms with Gasteiger partial charge in [-0.3, -0.25) is 9.88 Å². The molecule has 2 aliphatic heterocycles. The van der Waals surface area contributed by atoms with Crippen LogP contribution < -0.4 is 0 Å². The minimum atomic E-state index is -0.486. The van der Waals surface area contributed by atoms with Crippen LogP contribution in [-0.2, 0) is 0 Å². The van der Waals surface area contributed by atoms with Crippen LogP contribution in [-0.4, -0.2) is 39.7 Å². The van der Waals surface area contributed by atoms with Crippen LogP contribution in [0.15, 0.2) is 22.8 Å². The quantitative estimate of drug-likeness (QED) is 0.858. The van der Waals surface area contributed by atoms with Crippen LogP contribution in [0.25, 0.3) is 0 Å². The van der Waals surface area contributed by atoms with E-state index in [-0.39, 0.29) is 5.92 Å². The van der Waals surface area contributed by atoms with E-state index < -0.39 is 5.60 Å². The van der Waals surface area contributed by atoms with Gasteiger partial charge in [-0.2, -0.15) is 0 Å². The Labute approximate surface area is 109 Å². The first-order valence-electron chi connectivity index (χ1n) is 6.26. The Balaban J connectivity index is 1.67. The summed E-state index contributed by atoms with van der Waals surface area (Å²) < 4.78 is 0.999. The van der Waals surface area contributed by atoms with Crippen molar-refractivity contribution in [1.29, 1.82) is 0 Å². The first kappa shape index (κ1) is 10.5. The smallest absolute Gasteiger partial charge is 0.0912 e. The summed E-state index contributed by atoms with van der Waals surface area (Å²) in [7, 11) is 0. The molecule has 5 atom stereocenters. The van der Waals surface area contributed by atoms with Gasteiger partial charge in [0.1, 0.15) is 0 Å². The van der Waals surface area contributed by atoms with Gasteiger partial charge < -0.3 is 5.11 Å². The van der Waals surface area contributed by atoms with E-state index in [0.29, 0.717) is 12.0 Å². The van der Waals surface area contributed by atoms with Crippen LogP contribution in [0.5, 0.6) is 0 Å². The Morgan fingerprint density at radius 3 is 3.12 bits per heavy atom. The summed E-state index contributed by atoms with van der Waals surface area (Å²) in [6.45, 7) is 2.34. The molecule has 0 spiro atoms. The second-order valence-electron chi connectivity index (χ2n) is 5.67. The molecule has 1 saturated carbocycles. The summed E-state index contributed by atoms with van der Waals surface area (Å²) in [5.74, 6) is 0.942. The Morgan fingerprint density at radius 2 is 2.35 bits per heavy atom. The summed E-state index contributed by atoms with van der Waals surface area (Å²) >= 11 is 3.40. The summed E-state index contributed by atoms with van der Waals surface area (Å²) in [4.78, 5) is 6.92. The van der Waals surface area contributed by atoms with Gasteiger partial charge in [0.05, 0.1) is 17.6 Å². The van der Waals surface area contributed by atoms with E-state index in [1.807, 2.05) is 18.3 Å². The number of fused-ring (bicyclic) bond motifs is 4. The molecule has 1 N–H and O–H groups in total. The van der Waals surface area contributed by atoms with Crippen LogP contribution in [0.2, 0.25) is 0 Å². The van der Waals surface area contributed by atoms with Crippen molar-refractivity contribution < 1.29 is 5.11 Å². The normalized spacial score (nSPS) is 46.7. The second-order valence-corrected chi connectivity index (χ2v) is 6.58. The SMILES string of the molecule is OC12CC3CCN(C3)C1C2c1ccc(Br)cn1. The molecule has 17 heavy (non-hydrogen) atoms. The Bertz CT molecular complexity index is 463. The van der Waals surface area contributed by atoms with E-state index in [9.17, 15) is 5.11 Å². The molecule has 3 heterocycles. The highest BCUT2D eigenvalue weighted by atomic mass is 79.9. The lowest BCUT2D eigenvalue weighted by molar-refractivity contribution is 0.0622. The second kappa shape index (κ2) is 3.31. The van der Waals surface area contributed by atoms with E-state index in [4.69, 9.17) is 0 Å². The molecule has 0 radical (unpaired) electrons. The maximum absolute atomic E-state index is 10.7. The first-order chi connectivity index (χ1) is 8.18. The molecule has 2 saturated heterocycles. The number of halogens is 1. The fourth-order valence-electron chi connectivity index (χ4n) is 3.91. The van der Waals surface area contributed by atoms with Crippen molar-refractivity contribution in [2.24, 2.45) is 5.92 Å². The van der Waals surface area contributed by atoms with Gasteiger partial charge >= 0.3 is 0 Å². The number of hydrogen-bond donors (Lipinski definition) is 1. The Morgan fingerprint density at radius 1 is 1.47 bits per heavy atom. The van der Waals surface area contributed by atoms with Crippen LogP contribution in [0.3, 0.4) is 0 Å². The lowest BCUT2D eigenvalue weighted by Crippen LogP contribution is -2.36. The minimum Gasteiger partial charge on any atom is -0.387 e. The fraction of sp³-hybridized carbons (Fsp3) is 0.615. The Kier molecular flexibility index (Phi) is 2.04. The third kappa shape index (κ3) is 1.38. The molecule has 4 rings (SSSR count). The highest BCUT2D eigenvalue weighted by molar-refractivity contribution is 9.10. The molecule has 3 fully saturated rings. The zero-order chi connectivity index (χ0) is 11.6. The number of hydrogen-bond acceptors (Lipinski definition) is 3. The number of piperidine rings is 1. The molecule has 4 heteroatoms. The fourth-order valence-corrected chi connectivity index (χ4v) is 4.15. The number of aliphatic hydroxyl groups is 1. The molecule has 0 aromatic carbocycles. The zero-order valence-electron chi connectivity index (χ0n) is 9.51. The van der Waals surface area contributed by atoms with Gasteiger partial charge in [-0.15, -0.1) is 0 Å². The summed E-state index contributed by atoms with van der Waals surface area (Å²) in [6.07, 6.45) is 4.06. The summed E-state index contributed by atoms with van der Waals surface area (Å²) in [5, 5.41) is 10.7. The van der Waals surface area contributed by atoms with Crippen molar-refractivity contribution in [2.75, 3.05) is 13.1 Å². The highest BCUT2D eigenvalue weighted by Crippen LogP contribution is 2.61. The third-order valence-electron chi connectivity index (χ3n) is 4.65. The number of nitrogens with zero attached hydrogens (tertiary/aromatic N) is 2. The zero-order valence-corrected chi connectivity index (χ0v) is 11.1. The van der Waals surface area contributed by atoms with Gasteiger partial charge in [-0.1, -0.05) is 0 Å². The lowest BCUT2D eigenvalue weighted by Gasteiger charge is -2.25. The van der Waals surface area contributed by atoms with Crippen molar-refractivity contribution in [2.45, 2.75) is 30.4 Å². The average molecular weight is 295 g/mol. The highest BCUT2D eigenvalue weighted by Gasteiger charge is 2.71. The van der Waals surface area contributed by atoms with Crippen molar-refractivity contribution in [3.05, 3.63) is 28.5 Å². The van der Waals surface area contributed by atoms with E-state index in [1.54, 1.807) is 0 Å². The summed E-state index contributed by atoms with van der Waals surface area (Å²) in [6, 6.07) is 4.39. The van der Waals surface area contributed by atoms with Crippen LogP contribution >= 0.6 is 15.9 Å². The molecular formula is C13H15BrN2O. The average Bonchev–Trinajstić information content (AvgIpc) is 2.73. The van der Waals surface area contributed by atoms with Crippen molar-refractivity contribution in [1.82, 2.24) is 9.88 Å². The summed E-state index contributed by atoms with van der Waals surface area (Å²) in [5.41, 5.74) is 0.563. The predicted octanol–water partition coefficient (Wildman–Crippen LogP) is 1.77. The topological polar surface area (TPSA) is 36.4 Å². The van der Waals surface area contributed by atoms with Crippen molar-refractivity contribution in [3.63, 3.8) is 0 Å². The third-order valence-corrected chi connectivity index (χ3v) is 5.12. The molecule has 2 bridgehead atoms. The van der Waals surface area contributed by atoms with E-state index in [0.717, 1.165) is 23.1 Å². The Hall–Kier alpha value is -0.450. The largest absolute Gasteiger partial charge is 0.387 e. The maximum atomic E-state index is 10.7. The van der Waals surface area contributed by atoms with E-state index >= 15 is 0 Å². The van der Waals surface area contributed by atoms with Crippen molar-refractivity contribution in [3.8, 4) is 0 Å². The van der Waals surface area contributed by atoms with Gasteiger partial charge in [-0.05, 0) is 53.4 Å². The van der Waals surface area contributed by atoms with Crippen LogP contribution in [0, 0.1) is 5.92 Å². The number of pyridine rings is 1. The molecule has 90 valence electrons. The molecule has 0 amide bonds. The predicted molar refractivity (Wildman–Crippen MR) is 67.7 cm³/mol. The molecule has 1 aromatic heterocycles. The first-order valence-corrected chi connectivity index (χ1v) is 7.06. The molecule has 3 nitrogen and oxygen atoms in total. The molecule has 5 unspecified atom stereocenters. The van der Waals surface area contributed by atoms with Gasteiger partial charge in [0.15, 0.2) is 0 Å². The molecular weight excluding hydrogens is 280 g/mol. The monoisotopic (exact) mass is 294 g/mol. The maximum Gasteiger partial charge on any atom is 0.0912 e. The number of rotatable bonds is 1. The van der Waals surface area contributed by atoms with Gasteiger partial charge in [-0.25, -0.2) is 0 Å². The molecule has 1 aliphatic carbocycles. The van der Waals surface area contributed by atoms with Gasteiger partial charge in [0, 0.05) is 22.9 Å². The van der Waals surface area contributed by atoms with E-state index in [1.165, 1.54) is 13.0 Å². The van der Waals surface area contributed by atoms with Crippen molar-refractivity contribution >= 4 is 15.9 Å². The van der Waals surface area contributed by atoms with Gasteiger partial charge in [0.25, 0.3) is 0 Å². The minimum absolute atomic E-state index is 0.237. The number of aromatic nitrogens is 1. The standard InChI is InChI=1S/C13H15BrN2O/c14-9-1-2-10(15-6-9)11-12-13(11,17)5-8-3-4-16(12)7-8/h1-2,6,8,11-12,17H,3-5,7H2. The van der Waals surface area contributed by atoms with Crippen LogP contribution in [0.4, 0.5) is 0 Å². The van der Waals surface area contributed by atoms with Crippen LogP contribution in [0.1, 0.15) is 24.5 Å². The van der Waals surface area contributed by atoms with Gasteiger partial charge in [0.2, 0.25) is 0 Å². The lowest BCUT2D eigenvalue weighted by atomic mass is 9.96. The van der Waals surface area contributed by atoms with E-state index in [2.05, 4.69) is 25.8 Å². The molecule has 1 aromatic rings. The molecule has 3 aliphatic rings.